The van der Waals surface area contributed by atoms with Crippen LogP contribution >= 0.6 is 0 Å². The van der Waals surface area contributed by atoms with Gasteiger partial charge in [-0.1, -0.05) is 74.5 Å². The number of aliphatic hydroxyl groups is 2. The molecule has 8 heteroatoms. The molecule has 3 N–H and O–H groups in total. The first kappa shape index (κ1) is 37.6. The molecule has 0 aromatic heterocycles. The molecule has 0 heterocycles. The predicted molar refractivity (Wildman–Crippen MR) is 222 cm³/mol. The molecule has 57 heavy (non-hydrogen) atoms. The van der Waals surface area contributed by atoms with Crippen LogP contribution in [0.3, 0.4) is 0 Å². The van der Waals surface area contributed by atoms with Gasteiger partial charge in [0, 0.05) is 39.6 Å². The number of anilines is 1. The van der Waals surface area contributed by atoms with Gasteiger partial charge in [-0.05, 0) is 127 Å². The molecule has 0 aliphatic heterocycles. The molecule has 2 spiro atoms. The number of carbonyl (C=O) groups excluding carboxylic acids is 2. The number of methoxy groups -OCH3 is 2. The lowest BCUT2D eigenvalue weighted by molar-refractivity contribution is -0.174. The number of fused-ring (bicyclic) bond motifs is 2. The van der Waals surface area contributed by atoms with E-state index in [1.165, 1.54) is 0 Å². The highest BCUT2D eigenvalue weighted by molar-refractivity contribution is 6.10. The number of allylic oxidation sites excluding steroid dienone is 4. The molecule has 8 nitrogen and oxygen atoms in total. The molecule has 2 amide bonds. The van der Waals surface area contributed by atoms with Gasteiger partial charge in [-0.15, -0.1) is 0 Å². The highest BCUT2D eigenvalue weighted by Gasteiger charge is 2.74. The maximum Gasteiger partial charge on any atom is 0.322 e. The second-order valence-corrected chi connectivity index (χ2v) is 18.0. The molecule has 296 valence electrons. The fraction of sp³-hybridized carbons (Fsp3) is 0.429. The first-order chi connectivity index (χ1) is 27.4. The zero-order valence-electron chi connectivity index (χ0n) is 33.5. The number of Topliss-reactive ketones (excluding diaryl/α,β-unsaturated/α-hetero) is 1. The van der Waals surface area contributed by atoms with Gasteiger partial charge in [0.25, 0.3) is 0 Å². The van der Waals surface area contributed by atoms with Gasteiger partial charge in [0.05, 0.1) is 32.5 Å². The van der Waals surface area contributed by atoms with Crippen LogP contribution in [0.4, 0.5) is 10.5 Å². The Balaban J connectivity index is 1.11. The summed E-state index contributed by atoms with van der Waals surface area (Å²) in [4.78, 5) is 31.3. The molecule has 6 aliphatic carbocycles. The fourth-order valence-corrected chi connectivity index (χ4v) is 12.5. The third kappa shape index (κ3) is 5.61. The standard InChI is InChI=1S/C49H54N2O6/c1-45-23-20-36(52)28-47(45)26-27-49(40(29-47)43(53)33-12-16-37(56-3)17-13-33)41(45)21-24-46(2)42(49)22-25-48(46,55)31-51(44(54)50-35-14-18-38(57-4)19-15-35)30-34-10-7-9-32-8-5-6-11-39(32)34/h5-19,26-27,29,36,41-42,52,55H,20-25,28,30-31H2,1-4H3,(H,50,54)/t36?,41-,42-,45-,46+,47+,48-,49-/m1/s1. The topological polar surface area (TPSA) is 108 Å². The minimum atomic E-state index is -1.24. The average Bonchev–Trinajstić information content (AvgIpc) is 3.50. The Bertz CT molecular complexity index is 2280. The first-order valence-corrected chi connectivity index (χ1v) is 20.6. The lowest BCUT2D eigenvalue weighted by Crippen LogP contribution is -2.67. The summed E-state index contributed by atoms with van der Waals surface area (Å²) in [6, 6.07) is 28.8. The Morgan fingerprint density at radius 3 is 2.18 bits per heavy atom. The largest absolute Gasteiger partial charge is 0.497 e. The number of amides is 2. The molecule has 3 fully saturated rings. The number of ether oxygens (including phenoxy) is 2. The smallest absolute Gasteiger partial charge is 0.322 e. The third-order valence-corrected chi connectivity index (χ3v) is 15.6. The number of ketones is 1. The van der Waals surface area contributed by atoms with E-state index in [0.717, 1.165) is 54.0 Å². The van der Waals surface area contributed by atoms with Crippen molar-refractivity contribution in [3.63, 3.8) is 0 Å². The van der Waals surface area contributed by atoms with Crippen molar-refractivity contribution in [1.82, 2.24) is 4.90 Å². The first-order valence-electron chi connectivity index (χ1n) is 20.6. The second kappa shape index (κ2) is 13.6. The van der Waals surface area contributed by atoms with E-state index in [0.29, 0.717) is 42.1 Å². The molecule has 4 aromatic carbocycles. The highest BCUT2D eigenvalue weighted by atomic mass is 16.5. The third-order valence-electron chi connectivity index (χ3n) is 15.6. The second-order valence-electron chi connectivity index (χ2n) is 18.0. The summed E-state index contributed by atoms with van der Waals surface area (Å²) in [5.41, 5.74) is 0.0191. The molecular weight excluding hydrogens is 713 g/mol. The Hall–Kier alpha value is -4.92. The molecule has 3 saturated carbocycles. The highest BCUT2D eigenvalue weighted by Crippen LogP contribution is 2.78. The summed E-state index contributed by atoms with van der Waals surface area (Å²) < 4.78 is 10.8. The monoisotopic (exact) mass is 766 g/mol. The number of nitrogens with one attached hydrogen (secondary N) is 1. The molecule has 1 unspecified atom stereocenters. The van der Waals surface area contributed by atoms with Gasteiger partial charge in [0.1, 0.15) is 11.5 Å². The van der Waals surface area contributed by atoms with E-state index in [1.54, 1.807) is 19.1 Å². The summed E-state index contributed by atoms with van der Waals surface area (Å²) in [6.45, 7) is 5.06. The van der Waals surface area contributed by atoms with Crippen molar-refractivity contribution in [2.24, 2.45) is 33.5 Å². The van der Waals surface area contributed by atoms with E-state index in [9.17, 15) is 15.0 Å². The van der Waals surface area contributed by atoms with Gasteiger partial charge in [-0.25, -0.2) is 4.79 Å². The summed E-state index contributed by atoms with van der Waals surface area (Å²) >= 11 is 0. The van der Waals surface area contributed by atoms with Gasteiger partial charge in [-0.2, -0.15) is 0 Å². The van der Waals surface area contributed by atoms with Crippen molar-refractivity contribution >= 4 is 28.3 Å². The van der Waals surface area contributed by atoms with Crippen molar-refractivity contribution in [3.8, 4) is 11.5 Å². The van der Waals surface area contributed by atoms with E-state index < -0.39 is 27.9 Å². The zero-order valence-corrected chi connectivity index (χ0v) is 33.5. The van der Waals surface area contributed by atoms with Crippen molar-refractivity contribution in [3.05, 3.63) is 126 Å². The van der Waals surface area contributed by atoms with Crippen molar-refractivity contribution in [2.75, 3.05) is 26.1 Å². The van der Waals surface area contributed by atoms with Gasteiger partial charge in [0.15, 0.2) is 5.78 Å². The van der Waals surface area contributed by atoms with Gasteiger partial charge < -0.3 is 29.9 Å². The summed E-state index contributed by atoms with van der Waals surface area (Å²) in [5, 5.41) is 29.7. The molecule has 8 atom stereocenters. The predicted octanol–water partition coefficient (Wildman–Crippen LogP) is 9.37. The van der Waals surface area contributed by atoms with Crippen LogP contribution in [0.2, 0.25) is 0 Å². The van der Waals surface area contributed by atoms with Gasteiger partial charge in [-0.3, -0.25) is 4.79 Å². The van der Waals surface area contributed by atoms with Crippen LogP contribution in [0, 0.1) is 33.5 Å². The SMILES string of the molecule is COc1ccc(NC(=O)N(Cc2cccc3ccccc23)C[C@]2(O)CC[C@H]3[C@]45C=C[C@@]6(C=C4C(=O)c4ccc(OC)cc4)CC(O)CC[C@]6(C)[C@H]5CC[C@@]32C)cc1. The van der Waals surface area contributed by atoms with Crippen molar-refractivity contribution in [1.29, 1.82) is 0 Å². The number of aliphatic hydroxyl groups excluding tert-OH is 1. The molecule has 0 saturated heterocycles. The molecule has 2 bridgehead atoms. The lowest BCUT2D eigenvalue weighted by Gasteiger charge is -2.71. The van der Waals surface area contributed by atoms with Crippen LogP contribution in [-0.2, 0) is 6.54 Å². The Kier molecular flexibility index (Phi) is 8.98. The Labute approximate surface area is 335 Å². The van der Waals surface area contributed by atoms with Crippen LogP contribution in [0.5, 0.6) is 11.5 Å². The molecule has 4 aromatic rings. The maximum atomic E-state index is 15.0. The minimum absolute atomic E-state index is 0.00429. The molecule has 10 rings (SSSR count). The lowest BCUT2D eigenvalue weighted by atomic mass is 9.32. The van der Waals surface area contributed by atoms with Crippen LogP contribution in [0.25, 0.3) is 10.8 Å². The molecular formula is C49H54N2O6. The zero-order chi connectivity index (χ0) is 39.8. The normalized spacial score (nSPS) is 33.4. The van der Waals surface area contributed by atoms with Crippen LogP contribution in [0.15, 0.2) is 115 Å². The van der Waals surface area contributed by atoms with E-state index in [-0.39, 0.29) is 35.6 Å². The fourth-order valence-electron chi connectivity index (χ4n) is 12.5. The van der Waals surface area contributed by atoms with Crippen LogP contribution in [0.1, 0.15) is 74.7 Å². The Morgan fingerprint density at radius 2 is 1.44 bits per heavy atom. The molecule has 0 radical (unpaired) electrons. The van der Waals surface area contributed by atoms with E-state index >= 15 is 4.79 Å². The van der Waals surface area contributed by atoms with E-state index in [1.807, 2.05) is 66.7 Å². The maximum absolute atomic E-state index is 15.0. The minimum Gasteiger partial charge on any atom is -0.497 e. The van der Waals surface area contributed by atoms with Gasteiger partial charge >= 0.3 is 6.03 Å². The number of hydrogen-bond acceptors (Lipinski definition) is 6. The van der Waals surface area contributed by atoms with Crippen LogP contribution < -0.4 is 14.8 Å². The number of carbonyl (C=O) groups is 2. The van der Waals surface area contributed by atoms with Crippen molar-refractivity contribution < 1.29 is 29.3 Å². The summed E-state index contributed by atoms with van der Waals surface area (Å²) in [6.07, 6.45) is 11.5. The summed E-state index contributed by atoms with van der Waals surface area (Å²) in [5.74, 6) is 1.51. The number of hydrogen-bond donors (Lipinski definition) is 3. The summed E-state index contributed by atoms with van der Waals surface area (Å²) in [7, 11) is 3.24. The number of rotatable bonds is 9. The van der Waals surface area contributed by atoms with Crippen molar-refractivity contribution in [2.45, 2.75) is 77.0 Å². The van der Waals surface area contributed by atoms with Crippen LogP contribution in [-0.4, -0.2) is 59.4 Å². The number of urea groups is 1. The Morgan fingerprint density at radius 1 is 0.789 bits per heavy atom. The van der Waals surface area contributed by atoms with E-state index in [2.05, 4.69) is 61.7 Å². The number of nitrogens with zero attached hydrogens (tertiary/aromatic N) is 1. The quantitative estimate of drug-likeness (QED) is 0.116. The molecule has 6 aliphatic rings. The average molecular weight is 767 g/mol. The van der Waals surface area contributed by atoms with E-state index in [4.69, 9.17) is 9.47 Å². The number of benzene rings is 4. The van der Waals surface area contributed by atoms with Gasteiger partial charge in [0.2, 0.25) is 0 Å².